The number of carbonyl (C=O) groups is 2. The Balaban J connectivity index is 1.39. The number of anilines is 2. The number of rotatable bonds is 2. The fourth-order valence-corrected chi connectivity index (χ4v) is 3.51. The molecule has 0 saturated carbocycles. The highest BCUT2D eigenvalue weighted by Crippen LogP contribution is 2.20. The lowest BCUT2D eigenvalue weighted by Gasteiger charge is -2.23. The summed E-state index contributed by atoms with van der Waals surface area (Å²) in [6, 6.07) is 12.3. The van der Waals surface area contributed by atoms with Crippen LogP contribution in [0, 0.1) is 0 Å². The molecule has 29 heavy (non-hydrogen) atoms. The number of nitrogens with zero attached hydrogens (tertiary/aromatic N) is 2. The maximum Gasteiger partial charge on any atom is 0.417 e. The van der Waals surface area contributed by atoms with Crippen LogP contribution in [0.4, 0.5) is 11.4 Å². The first kappa shape index (κ1) is 19.1. The van der Waals surface area contributed by atoms with Crippen LogP contribution in [0.1, 0.15) is 6.42 Å². The van der Waals surface area contributed by atoms with Crippen molar-refractivity contribution in [1.29, 1.82) is 0 Å². The van der Waals surface area contributed by atoms with Crippen LogP contribution in [-0.2, 0) is 9.59 Å². The number of hydrogen-bond donors (Lipinski definition) is 2. The number of benzene rings is 2. The van der Waals surface area contributed by atoms with Gasteiger partial charge in [-0.05, 0) is 42.8 Å². The molecule has 2 aromatic carbocycles. The summed E-state index contributed by atoms with van der Waals surface area (Å²) in [4.78, 5) is 42.5. The first-order valence-corrected chi connectivity index (χ1v) is 9.61. The van der Waals surface area contributed by atoms with Gasteiger partial charge in [0.1, 0.15) is 0 Å². The van der Waals surface area contributed by atoms with Crippen LogP contribution in [0.15, 0.2) is 51.7 Å². The lowest BCUT2D eigenvalue weighted by molar-refractivity contribution is -0.143. The second-order valence-corrected chi connectivity index (χ2v) is 7.23. The molecule has 1 aromatic heterocycles. The summed E-state index contributed by atoms with van der Waals surface area (Å²) < 4.78 is 4.97. The van der Waals surface area contributed by atoms with Crippen LogP contribution in [0.2, 0.25) is 5.02 Å². The van der Waals surface area contributed by atoms with Crippen molar-refractivity contribution in [2.75, 3.05) is 36.4 Å². The molecule has 4 rings (SSSR count). The van der Waals surface area contributed by atoms with Gasteiger partial charge in [0.05, 0.1) is 5.52 Å². The fraction of sp³-hybridized carbons (Fsp3) is 0.250. The molecule has 9 heteroatoms. The Labute approximate surface area is 171 Å². The summed E-state index contributed by atoms with van der Waals surface area (Å²) in [5.41, 5.74) is 2.26. The number of aromatic amines is 1. The third kappa shape index (κ3) is 4.27. The van der Waals surface area contributed by atoms with E-state index < -0.39 is 17.6 Å². The molecule has 1 aliphatic heterocycles. The Morgan fingerprint density at radius 1 is 1.03 bits per heavy atom. The number of hydrogen-bond acceptors (Lipinski definition) is 5. The van der Waals surface area contributed by atoms with Gasteiger partial charge >= 0.3 is 17.6 Å². The average molecular weight is 415 g/mol. The fourth-order valence-electron chi connectivity index (χ4n) is 3.38. The van der Waals surface area contributed by atoms with Crippen molar-refractivity contribution in [3.05, 3.63) is 58.0 Å². The van der Waals surface area contributed by atoms with Crippen LogP contribution in [-0.4, -0.2) is 47.9 Å². The predicted octanol–water partition coefficient (Wildman–Crippen LogP) is 2.45. The SMILES string of the molecule is O=C(Nc1ccc2[nH]c(=O)oc2c1)C(=O)N1CCCN(c2ccc(Cl)cc2)CC1. The highest BCUT2D eigenvalue weighted by atomic mass is 35.5. The first-order valence-electron chi connectivity index (χ1n) is 9.23. The van der Waals surface area contributed by atoms with Gasteiger partial charge in [-0.15, -0.1) is 0 Å². The van der Waals surface area contributed by atoms with E-state index in [4.69, 9.17) is 16.0 Å². The van der Waals surface area contributed by atoms with E-state index in [1.165, 1.54) is 6.07 Å². The number of amides is 2. The maximum atomic E-state index is 12.6. The molecule has 0 radical (unpaired) electrons. The normalized spacial score (nSPS) is 14.7. The van der Waals surface area contributed by atoms with E-state index >= 15 is 0 Å². The number of carbonyl (C=O) groups excluding carboxylic acids is 2. The van der Waals surface area contributed by atoms with Gasteiger partial charge in [-0.25, -0.2) is 4.79 Å². The van der Waals surface area contributed by atoms with E-state index in [2.05, 4.69) is 15.2 Å². The van der Waals surface area contributed by atoms with E-state index in [1.807, 2.05) is 24.3 Å². The maximum absolute atomic E-state index is 12.6. The van der Waals surface area contributed by atoms with Gasteiger partial charge in [-0.3, -0.25) is 14.6 Å². The Morgan fingerprint density at radius 2 is 1.83 bits per heavy atom. The molecule has 0 spiro atoms. The average Bonchev–Trinajstić information content (AvgIpc) is 2.91. The smallest absolute Gasteiger partial charge is 0.408 e. The van der Waals surface area contributed by atoms with Crippen LogP contribution < -0.4 is 16.0 Å². The first-order chi connectivity index (χ1) is 14.0. The number of aromatic nitrogens is 1. The summed E-state index contributed by atoms with van der Waals surface area (Å²) in [6.07, 6.45) is 0.752. The predicted molar refractivity (Wildman–Crippen MR) is 110 cm³/mol. The van der Waals surface area contributed by atoms with Crippen molar-refractivity contribution in [2.45, 2.75) is 6.42 Å². The highest BCUT2D eigenvalue weighted by Gasteiger charge is 2.25. The lowest BCUT2D eigenvalue weighted by Crippen LogP contribution is -2.41. The molecular formula is C20H19ClN4O4. The summed E-state index contributed by atoms with van der Waals surface area (Å²) >= 11 is 5.94. The highest BCUT2D eigenvalue weighted by molar-refractivity contribution is 6.39. The van der Waals surface area contributed by atoms with Gasteiger partial charge in [0.2, 0.25) is 0 Å². The quantitative estimate of drug-likeness (QED) is 0.627. The number of oxazole rings is 1. The minimum Gasteiger partial charge on any atom is -0.408 e. The van der Waals surface area contributed by atoms with E-state index in [-0.39, 0.29) is 0 Å². The molecule has 0 unspecified atom stereocenters. The van der Waals surface area contributed by atoms with Crippen molar-refractivity contribution in [3.8, 4) is 0 Å². The van der Waals surface area contributed by atoms with Gasteiger partial charge in [0.25, 0.3) is 0 Å². The van der Waals surface area contributed by atoms with Gasteiger partial charge in [-0.1, -0.05) is 11.6 Å². The van der Waals surface area contributed by atoms with Crippen molar-refractivity contribution >= 4 is 45.9 Å². The largest absolute Gasteiger partial charge is 0.417 e. The second kappa shape index (κ2) is 8.00. The lowest BCUT2D eigenvalue weighted by atomic mass is 10.2. The molecule has 3 aromatic rings. The van der Waals surface area contributed by atoms with E-state index in [1.54, 1.807) is 17.0 Å². The van der Waals surface area contributed by atoms with Crippen LogP contribution >= 0.6 is 11.6 Å². The minimum absolute atomic E-state index is 0.314. The Bertz CT molecular complexity index is 1110. The molecule has 1 fully saturated rings. The number of halogens is 1. The minimum atomic E-state index is -0.720. The van der Waals surface area contributed by atoms with E-state index in [0.29, 0.717) is 41.4 Å². The van der Waals surface area contributed by atoms with Gasteiger partial charge < -0.3 is 19.5 Å². The van der Waals surface area contributed by atoms with Crippen LogP contribution in [0.5, 0.6) is 0 Å². The molecule has 0 aliphatic carbocycles. The molecule has 2 N–H and O–H groups in total. The third-order valence-corrected chi connectivity index (χ3v) is 5.10. The van der Waals surface area contributed by atoms with Crippen LogP contribution in [0.25, 0.3) is 11.1 Å². The van der Waals surface area contributed by atoms with Crippen molar-refractivity contribution < 1.29 is 14.0 Å². The van der Waals surface area contributed by atoms with Gasteiger partial charge in [0.15, 0.2) is 5.58 Å². The standard InChI is InChI=1S/C20H19ClN4O4/c21-13-2-5-15(6-3-13)24-8-1-9-25(11-10-24)19(27)18(26)22-14-4-7-16-17(12-14)29-20(28)23-16/h2-7,12H,1,8-11H2,(H,22,26)(H,23,28). The number of H-pyrrole nitrogens is 1. The summed E-state index contributed by atoms with van der Waals surface area (Å²) in [5, 5.41) is 3.25. The molecule has 1 aliphatic rings. The Morgan fingerprint density at radius 3 is 2.62 bits per heavy atom. The molecular weight excluding hydrogens is 396 g/mol. The molecule has 8 nitrogen and oxygen atoms in total. The Hall–Kier alpha value is -3.26. The summed E-state index contributed by atoms with van der Waals surface area (Å²) in [7, 11) is 0. The van der Waals surface area contributed by atoms with Crippen molar-refractivity contribution in [1.82, 2.24) is 9.88 Å². The number of nitrogens with one attached hydrogen (secondary N) is 2. The zero-order valence-electron chi connectivity index (χ0n) is 15.5. The third-order valence-electron chi connectivity index (χ3n) is 4.85. The molecule has 0 bridgehead atoms. The van der Waals surface area contributed by atoms with Gasteiger partial charge in [-0.2, -0.15) is 0 Å². The topological polar surface area (TPSA) is 98.6 Å². The van der Waals surface area contributed by atoms with Crippen molar-refractivity contribution in [3.63, 3.8) is 0 Å². The summed E-state index contributed by atoms with van der Waals surface area (Å²) in [5.74, 6) is -1.88. The molecule has 2 heterocycles. The molecule has 2 amide bonds. The van der Waals surface area contributed by atoms with E-state index in [0.717, 1.165) is 18.7 Å². The molecule has 0 atom stereocenters. The monoisotopic (exact) mass is 414 g/mol. The zero-order chi connectivity index (χ0) is 20.4. The van der Waals surface area contributed by atoms with Crippen LogP contribution in [0.3, 0.4) is 0 Å². The molecule has 1 saturated heterocycles. The Kier molecular flexibility index (Phi) is 5.26. The van der Waals surface area contributed by atoms with Gasteiger partial charge in [0, 0.05) is 48.6 Å². The molecule has 150 valence electrons. The summed E-state index contributed by atoms with van der Waals surface area (Å²) in [6.45, 7) is 2.36. The second-order valence-electron chi connectivity index (χ2n) is 6.79. The zero-order valence-corrected chi connectivity index (χ0v) is 16.2. The number of fused-ring (bicyclic) bond motifs is 1. The van der Waals surface area contributed by atoms with Crippen molar-refractivity contribution in [2.24, 2.45) is 0 Å². The van der Waals surface area contributed by atoms with E-state index in [9.17, 15) is 14.4 Å².